The van der Waals surface area contributed by atoms with E-state index in [1.165, 1.54) is 13.2 Å². The van der Waals surface area contributed by atoms with Crippen LogP contribution in [0.3, 0.4) is 0 Å². The fourth-order valence-corrected chi connectivity index (χ4v) is 11.9. The van der Waals surface area contributed by atoms with Crippen LogP contribution in [0.4, 0.5) is 5.69 Å². The van der Waals surface area contributed by atoms with Crippen molar-refractivity contribution in [1.29, 1.82) is 0 Å². The third-order valence-electron chi connectivity index (χ3n) is 16.3. The number of nitrogens with one attached hydrogen (secondary N) is 1. The van der Waals surface area contributed by atoms with Crippen LogP contribution in [0.5, 0.6) is 17.2 Å². The fourth-order valence-electron chi connectivity index (χ4n) is 11.9. The highest BCUT2D eigenvalue weighted by molar-refractivity contribution is 6.19. The minimum absolute atomic E-state index is 0.0144. The second-order valence-electron chi connectivity index (χ2n) is 22.6. The van der Waals surface area contributed by atoms with Gasteiger partial charge in [-0.2, -0.15) is 0 Å². The van der Waals surface area contributed by atoms with Gasteiger partial charge in [-0.25, -0.2) is 0 Å². The highest BCUT2D eigenvalue weighted by Crippen LogP contribution is 2.50. The Bertz CT molecular complexity index is 2660. The van der Waals surface area contributed by atoms with Gasteiger partial charge in [0.1, 0.15) is 35.1 Å². The van der Waals surface area contributed by atoms with Crippen molar-refractivity contribution in [2.45, 2.75) is 137 Å². The molecule has 7 aliphatic heterocycles. The largest absolute Gasteiger partial charge is 0.507 e. The van der Waals surface area contributed by atoms with Crippen molar-refractivity contribution in [2.75, 3.05) is 65.3 Å². The number of carbonyl (C=O) groups is 4. The molecule has 9 rings (SSSR count). The Morgan fingerprint density at radius 1 is 0.918 bits per heavy atom. The maximum absolute atomic E-state index is 14.8. The SMILES string of the molecule is C/C1=C/C=C/C(C)C[C@@H](C)[C@@H](O)[C@@H](C)C(OC(=O)CC(=O)N2CCC3(CCN(C)CC3)C2)[C@H](C)C/C=C/OC2(C)Oc3c(C)c(O)c4c(O)c(c5c(c4c3C2=O)=NC2(CCN(CC(C)C)CC2)N=5)NC1=O.CO. The number of ether oxygens (including phenoxy) is 3. The minimum Gasteiger partial charge on any atom is -0.507 e. The Hall–Kier alpha value is -5.36. The molecule has 2 aromatic carbocycles. The van der Waals surface area contributed by atoms with E-state index < -0.39 is 59.4 Å². The number of esters is 1. The lowest BCUT2D eigenvalue weighted by Crippen LogP contribution is -2.43. The number of carbonyl (C=O) groups excluding carboxylic acids is 4. The summed E-state index contributed by atoms with van der Waals surface area (Å²) in [4.78, 5) is 73.1. The molecule has 2 aromatic rings. The quantitative estimate of drug-likeness (QED) is 0.130. The van der Waals surface area contributed by atoms with Crippen molar-refractivity contribution in [1.82, 2.24) is 14.7 Å². The van der Waals surface area contributed by atoms with E-state index in [0.717, 1.165) is 59.1 Å². The predicted molar refractivity (Wildman–Crippen MR) is 278 cm³/mol. The zero-order valence-electron chi connectivity index (χ0n) is 44.9. The predicted octanol–water partition coefficient (Wildman–Crippen LogP) is 6.08. The number of Topliss-reactive ketones (excluding diaryl/α,β-unsaturated/α-hetero) is 1. The monoisotopic (exact) mass is 1010 g/mol. The smallest absolute Gasteiger partial charge is 0.315 e. The molecule has 7 heterocycles. The van der Waals surface area contributed by atoms with Gasteiger partial charge in [-0.15, -0.1) is 0 Å². The second kappa shape index (κ2) is 22.2. The summed E-state index contributed by atoms with van der Waals surface area (Å²) >= 11 is 0. The molecule has 73 heavy (non-hydrogen) atoms. The van der Waals surface area contributed by atoms with Gasteiger partial charge in [-0.05, 0) is 101 Å². The molecule has 7 atom stereocenters. The number of aliphatic hydroxyl groups is 2. The highest BCUT2D eigenvalue weighted by atomic mass is 16.7. The summed E-state index contributed by atoms with van der Waals surface area (Å²) in [7, 11) is 3.12. The molecule has 17 nitrogen and oxygen atoms in total. The number of aliphatic hydroxyl groups excluding tert-OH is 2. The van der Waals surface area contributed by atoms with Crippen molar-refractivity contribution in [3.8, 4) is 17.2 Å². The van der Waals surface area contributed by atoms with Crippen LogP contribution in [0.2, 0.25) is 0 Å². The molecule has 3 unspecified atom stereocenters. The Kier molecular flexibility index (Phi) is 16.9. The first-order chi connectivity index (χ1) is 34.5. The first-order valence-electron chi connectivity index (χ1n) is 26.3. The minimum atomic E-state index is -1.91. The molecule has 0 aliphatic carbocycles. The van der Waals surface area contributed by atoms with Crippen LogP contribution >= 0.6 is 0 Å². The summed E-state index contributed by atoms with van der Waals surface area (Å²) in [5, 5.41) is 46.5. The summed E-state index contributed by atoms with van der Waals surface area (Å²) in [6, 6.07) is 0. The Balaban J connectivity index is 0.00000385. The van der Waals surface area contributed by atoms with Gasteiger partial charge in [-0.3, -0.25) is 29.2 Å². The third kappa shape index (κ3) is 11.3. The molecule has 3 saturated heterocycles. The summed E-state index contributed by atoms with van der Waals surface area (Å²) in [5.74, 6) is -5.32. The van der Waals surface area contributed by atoms with Gasteiger partial charge in [0.05, 0.1) is 28.7 Å². The number of phenolic OH excluding ortho intramolecular Hbond substituents is 2. The van der Waals surface area contributed by atoms with E-state index in [9.17, 15) is 34.5 Å². The number of rotatable bonds is 5. The van der Waals surface area contributed by atoms with Crippen LogP contribution in [0, 0.1) is 41.9 Å². The van der Waals surface area contributed by atoms with Gasteiger partial charge >= 0.3 is 11.8 Å². The molecule has 0 radical (unpaired) electrons. The summed E-state index contributed by atoms with van der Waals surface area (Å²) in [6.45, 7) is 22.4. The van der Waals surface area contributed by atoms with Gasteiger partial charge in [0.2, 0.25) is 5.91 Å². The standard InChI is InChI=1S/C55H76N6O10.CH4O/c1-31(2)29-60-23-19-55(20-24-60)57-43-40-41-47(65)37(8)50-42(40)51(67)53(9,71-50)69-26-12-15-33(4)49(70-39(63)28-38(62)61-25-18-54(30-61)16-21-59(10)22-17-54)36(7)46(64)35(6)27-32(3)13-11-14-34(5)52(68)56-45(48(41)66)44(43)58-55;1-2/h11-14,26,31-33,35-36,46,49,64-66H,15-25,27-30H2,1-10H3,(H,56,68);2H,1H3/b13-11+,26-12+,34-14-;/t32?,33-,35-,36-,46-,49?,53?;/m1./s1. The number of hydrogen-bond donors (Lipinski definition) is 5. The molecule has 17 heteroatoms. The van der Waals surface area contributed by atoms with Crippen LogP contribution in [-0.4, -0.2) is 142 Å². The van der Waals surface area contributed by atoms with E-state index >= 15 is 0 Å². The summed E-state index contributed by atoms with van der Waals surface area (Å²) < 4.78 is 18.7. The molecule has 5 bridgehead atoms. The van der Waals surface area contributed by atoms with Gasteiger partial charge in [0.15, 0.2) is 11.4 Å². The topological polar surface area (TPSA) is 223 Å². The number of phenols is 2. The number of fused-ring (bicyclic) bond motifs is 13. The lowest BCUT2D eigenvalue weighted by atomic mass is 9.78. The van der Waals surface area contributed by atoms with Crippen molar-refractivity contribution in [2.24, 2.45) is 45.0 Å². The molecule has 0 aromatic heterocycles. The van der Waals surface area contributed by atoms with E-state index in [4.69, 9.17) is 29.3 Å². The van der Waals surface area contributed by atoms with Crippen molar-refractivity contribution >= 4 is 40.0 Å². The van der Waals surface area contributed by atoms with E-state index in [1.807, 2.05) is 33.8 Å². The molecule has 5 N–H and O–H groups in total. The average Bonchev–Trinajstić information content (AvgIpc) is 4.03. The zero-order chi connectivity index (χ0) is 53.3. The number of piperidine rings is 2. The first-order valence-corrected chi connectivity index (χ1v) is 26.3. The molecule has 7 aliphatic rings. The summed E-state index contributed by atoms with van der Waals surface area (Å²) in [6.07, 6.45) is 11.4. The molecule has 3 fully saturated rings. The number of allylic oxidation sites excluding steroid dienone is 4. The van der Waals surface area contributed by atoms with Crippen LogP contribution in [-0.2, 0) is 23.9 Å². The van der Waals surface area contributed by atoms with Crippen LogP contribution in [0.25, 0.3) is 10.8 Å². The fraction of sp³-hybridized carbons (Fsp3) is 0.643. The van der Waals surface area contributed by atoms with E-state index in [0.29, 0.717) is 50.3 Å². The number of amides is 2. The van der Waals surface area contributed by atoms with E-state index in [2.05, 4.69) is 36.0 Å². The lowest BCUT2D eigenvalue weighted by molar-refractivity contribution is -0.161. The zero-order valence-corrected chi connectivity index (χ0v) is 44.9. The Morgan fingerprint density at radius 2 is 1.58 bits per heavy atom. The molecule has 400 valence electrons. The van der Waals surface area contributed by atoms with Crippen molar-refractivity contribution < 1.29 is 53.8 Å². The van der Waals surface area contributed by atoms with Crippen LogP contribution in [0.1, 0.15) is 123 Å². The van der Waals surface area contributed by atoms with E-state index in [-0.39, 0.29) is 78.9 Å². The second-order valence-corrected chi connectivity index (χ2v) is 22.6. The van der Waals surface area contributed by atoms with Gasteiger partial charge in [-0.1, -0.05) is 59.8 Å². The Labute approximate surface area is 430 Å². The summed E-state index contributed by atoms with van der Waals surface area (Å²) in [5.41, 5.74) is -0.290. The molecule has 0 saturated carbocycles. The molecular formula is C56H80N6O11. The molecule has 2 amide bonds. The number of likely N-dealkylation sites (tertiary alicyclic amines) is 3. The van der Waals surface area contributed by atoms with E-state index in [1.54, 1.807) is 37.0 Å². The maximum Gasteiger partial charge on any atom is 0.315 e. The van der Waals surface area contributed by atoms with Crippen molar-refractivity contribution in [3.05, 3.63) is 58.0 Å². The van der Waals surface area contributed by atoms with Gasteiger partial charge in [0.25, 0.3) is 11.7 Å². The maximum atomic E-state index is 14.8. The average molecular weight is 1010 g/mol. The number of benzene rings is 2. The Morgan fingerprint density at radius 3 is 2.25 bits per heavy atom. The number of aromatic hydroxyl groups is 2. The number of nitrogens with zero attached hydrogens (tertiary/aromatic N) is 5. The van der Waals surface area contributed by atoms with Crippen LogP contribution < -0.4 is 20.8 Å². The number of anilines is 1. The number of ketones is 1. The number of hydrogen-bond acceptors (Lipinski definition) is 15. The molecular weight excluding hydrogens is 933 g/mol. The normalized spacial score (nSPS) is 30.1. The van der Waals surface area contributed by atoms with Crippen molar-refractivity contribution in [3.63, 3.8) is 0 Å². The highest BCUT2D eigenvalue weighted by Gasteiger charge is 2.50. The third-order valence-corrected chi connectivity index (χ3v) is 16.3. The first kappa shape index (κ1) is 55.4. The van der Waals surface area contributed by atoms with Gasteiger partial charge < -0.3 is 54.7 Å². The molecule has 2 spiro atoms. The lowest BCUT2D eigenvalue weighted by Gasteiger charge is -2.37. The van der Waals surface area contributed by atoms with Crippen LogP contribution in [0.15, 0.2) is 46.1 Å². The van der Waals surface area contributed by atoms with Gasteiger partial charge in [0, 0.05) is 82.0 Å².